The molecule has 2 aliphatic rings. The van der Waals surface area contributed by atoms with E-state index in [1.54, 1.807) is 20.3 Å². The summed E-state index contributed by atoms with van der Waals surface area (Å²) in [5.74, 6) is -0.501. The van der Waals surface area contributed by atoms with Gasteiger partial charge in [-0.3, -0.25) is 9.78 Å². The largest absolute Gasteiger partial charge is 0.458 e. The Kier molecular flexibility index (Phi) is 8.65. The number of carbonyl (C=O) groups is 1. The minimum atomic E-state index is -0.742. The highest BCUT2D eigenvalue weighted by Crippen LogP contribution is 2.46. The Morgan fingerprint density at radius 3 is 2.36 bits per heavy atom. The van der Waals surface area contributed by atoms with Crippen molar-refractivity contribution < 1.29 is 27.4 Å². The van der Waals surface area contributed by atoms with Gasteiger partial charge in [0.2, 0.25) is 0 Å². The third-order valence-corrected chi connectivity index (χ3v) is 8.62. The molecule has 2 heterocycles. The van der Waals surface area contributed by atoms with Crippen molar-refractivity contribution in [3.05, 3.63) is 83.8 Å². The van der Waals surface area contributed by atoms with Crippen molar-refractivity contribution in [1.82, 2.24) is 4.98 Å². The average Bonchev–Trinajstić information content (AvgIpc) is 3.81. The predicted molar refractivity (Wildman–Crippen MR) is 164 cm³/mol. The van der Waals surface area contributed by atoms with E-state index in [9.17, 15) is 9.90 Å². The minimum absolute atomic E-state index is 0.000916. The molecule has 0 unspecified atom stereocenters. The van der Waals surface area contributed by atoms with Crippen LogP contribution in [0.3, 0.4) is 0 Å². The zero-order chi connectivity index (χ0) is 29.2. The lowest BCUT2D eigenvalue weighted by atomic mass is 9.90. The second-order valence-corrected chi connectivity index (χ2v) is 12.4. The van der Waals surface area contributed by atoms with Gasteiger partial charge in [0, 0.05) is 68.3 Å². The quantitative estimate of drug-likeness (QED) is 0.152. The molecule has 2 fully saturated rings. The average molecular weight is 604 g/mol. The molecule has 4 aromatic rings. The maximum atomic E-state index is 16.0. The molecule has 1 aliphatic heterocycles. The van der Waals surface area contributed by atoms with Crippen LogP contribution >= 0.6 is 24.1 Å². The number of ether oxygens (including phenoxy) is 1. The molecule has 6 rings (SSSR count). The summed E-state index contributed by atoms with van der Waals surface area (Å²) in [4.78, 5) is 18.9. The standard InChI is InChI=1S/C33H30FNO5S2/c1-38-41-24-7-3-5-20(13-24)27-18-30-28(17-29(27)34)32(21-6-4-8-25(14-21)42-39-2)26(33(35-30)19-9-10-19)12-11-23-15-22(36)16-31(37)40-23/h3-8,11-14,17-19,22-23,36H,9-10,15-16H2,1-2H3/t22-,23-/m1/s1. The van der Waals surface area contributed by atoms with E-state index in [1.807, 2.05) is 66.7 Å². The second kappa shape index (κ2) is 12.6. The topological polar surface area (TPSA) is 77.9 Å². The number of hydrogen-bond acceptors (Lipinski definition) is 8. The number of pyridine rings is 1. The van der Waals surface area contributed by atoms with Crippen LogP contribution in [0.4, 0.5) is 4.39 Å². The Bertz CT molecular complexity index is 1670. The Morgan fingerprint density at radius 1 is 1.00 bits per heavy atom. The summed E-state index contributed by atoms with van der Waals surface area (Å²) >= 11 is 2.49. The fraction of sp³-hybridized carbons (Fsp3) is 0.273. The summed E-state index contributed by atoms with van der Waals surface area (Å²) in [5, 5.41) is 10.8. The zero-order valence-electron chi connectivity index (χ0n) is 23.2. The highest BCUT2D eigenvalue weighted by Gasteiger charge is 2.31. The summed E-state index contributed by atoms with van der Waals surface area (Å²) in [5.41, 5.74) is 5.47. The Hall–Kier alpha value is -3.21. The van der Waals surface area contributed by atoms with Gasteiger partial charge >= 0.3 is 5.97 Å². The van der Waals surface area contributed by atoms with Crippen molar-refractivity contribution in [2.24, 2.45) is 0 Å². The number of carbonyl (C=O) groups excluding carboxylic acids is 1. The molecular weight excluding hydrogens is 573 g/mol. The molecule has 1 N–H and O–H groups in total. The number of aliphatic hydroxyl groups excluding tert-OH is 1. The van der Waals surface area contributed by atoms with E-state index in [-0.39, 0.29) is 18.2 Å². The van der Waals surface area contributed by atoms with Gasteiger partial charge in [-0.1, -0.05) is 30.3 Å². The van der Waals surface area contributed by atoms with Crippen LogP contribution in [0.2, 0.25) is 0 Å². The maximum Gasteiger partial charge on any atom is 0.309 e. The summed E-state index contributed by atoms with van der Waals surface area (Å²) in [6.07, 6.45) is 4.81. The molecule has 0 bridgehead atoms. The van der Waals surface area contributed by atoms with Crippen LogP contribution in [-0.4, -0.2) is 42.5 Å². The van der Waals surface area contributed by atoms with Crippen LogP contribution in [0.1, 0.15) is 42.9 Å². The van der Waals surface area contributed by atoms with Crippen molar-refractivity contribution in [1.29, 1.82) is 0 Å². The van der Waals surface area contributed by atoms with Crippen LogP contribution in [-0.2, 0) is 17.9 Å². The van der Waals surface area contributed by atoms with Crippen molar-refractivity contribution in [2.75, 3.05) is 14.2 Å². The molecule has 0 radical (unpaired) electrons. The summed E-state index contributed by atoms with van der Waals surface area (Å²) in [7, 11) is 3.22. The smallest absolute Gasteiger partial charge is 0.309 e. The lowest BCUT2D eigenvalue weighted by Gasteiger charge is -2.24. The van der Waals surface area contributed by atoms with Crippen molar-refractivity contribution >= 4 is 47.0 Å². The minimum Gasteiger partial charge on any atom is -0.458 e. The molecular formula is C33H30FNO5S2. The first-order chi connectivity index (χ1) is 20.4. The van der Waals surface area contributed by atoms with Crippen molar-refractivity contribution in [3.8, 4) is 22.3 Å². The maximum absolute atomic E-state index is 16.0. The number of cyclic esters (lactones) is 1. The number of nitrogens with zero attached hydrogens (tertiary/aromatic N) is 1. The highest BCUT2D eigenvalue weighted by atomic mass is 32.2. The van der Waals surface area contributed by atoms with E-state index >= 15 is 4.39 Å². The van der Waals surface area contributed by atoms with Crippen LogP contribution in [0.15, 0.2) is 76.5 Å². The van der Waals surface area contributed by atoms with Gasteiger partial charge in [-0.05, 0) is 66.4 Å². The van der Waals surface area contributed by atoms with Crippen LogP contribution in [0, 0.1) is 5.82 Å². The predicted octanol–water partition coefficient (Wildman–Crippen LogP) is 7.97. The van der Waals surface area contributed by atoms with Crippen molar-refractivity contribution in [3.63, 3.8) is 0 Å². The van der Waals surface area contributed by atoms with Gasteiger partial charge in [0.05, 0.1) is 38.0 Å². The normalized spacial score (nSPS) is 19.0. The third kappa shape index (κ3) is 6.26. The van der Waals surface area contributed by atoms with E-state index in [0.717, 1.165) is 50.6 Å². The van der Waals surface area contributed by atoms with Gasteiger partial charge in [-0.2, -0.15) is 0 Å². The van der Waals surface area contributed by atoms with Gasteiger partial charge in [-0.15, -0.1) is 0 Å². The Morgan fingerprint density at radius 2 is 1.69 bits per heavy atom. The lowest BCUT2D eigenvalue weighted by molar-refractivity contribution is -0.156. The van der Waals surface area contributed by atoms with Gasteiger partial charge in [0.25, 0.3) is 0 Å². The SMILES string of the molecule is COSc1cccc(-c2cc3nc(C4CC4)c(C=C[C@@H]4C[C@@H](O)CC(=O)O4)c(-c4cccc(SOC)c4)c3cc2F)c1. The molecule has 1 saturated carbocycles. The first kappa shape index (κ1) is 28.9. The van der Waals surface area contributed by atoms with Crippen LogP contribution < -0.4 is 0 Å². The molecule has 3 aromatic carbocycles. The number of halogens is 1. The monoisotopic (exact) mass is 603 g/mol. The molecule has 1 saturated heterocycles. The summed E-state index contributed by atoms with van der Waals surface area (Å²) in [6, 6.07) is 18.9. The first-order valence-electron chi connectivity index (χ1n) is 13.8. The number of fused-ring (bicyclic) bond motifs is 1. The molecule has 0 spiro atoms. The number of rotatable bonds is 9. The van der Waals surface area contributed by atoms with Gasteiger partial charge < -0.3 is 18.2 Å². The van der Waals surface area contributed by atoms with Crippen molar-refractivity contribution in [2.45, 2.75) is 53.6 Å². The summed E-state index contributed by atoms with van der Waals surface area (Å²) in [6.45, 7) is 0. The van der Waals surface area contributed by atoms with Gasteiger partial charge in [0.1, 0.15) is 11.9 Å². The fourth-order valence-corrected chi connectivity index (χ4v) is 6.43. The molecule has 0 amide bonds. The van der Waals surface area contributed by atoms with Gasteiger partial charge in [0.15, 0.2) is 0 Å². The van der Waals surface area contributed by atoms with E-state index in [0.29, 0.717) is 22.9 Å². The Balaban J connectivity index is 1.56. The van der Waals surface area contributed by atoms with E-state index in [4.69, 9.17) is 18.1 Å². The summed E-state index contributed by atoms with van der Waals surface area (Å²) < 4.78 is 32.0. The van der Waals surface area contributed by atoms with Crippen LogP contribution in [0.25, 0.3) is 39.2 Å². The molecule has 9 heteroatoms. The molecule has 216 valence electrons. The fourth-order valence-electron chi connectivity index (χ4n) is 5.43. The van der Waals surface area contributed by atoms with E-state index < -0.39 is 18.2 Å². The first-order valence-corrected chi connectivity index (χ1v) is 15.3. The molecule has 1 aliphatic carbocycles. The third-order valence-electron chi connectivity index (χ3n) is 7.40. The number of aliphatic hydroxyl groups is 1. The zero-order valence-corrected chi connectivity index (χ0v) is 24.8. The molecule has 6 nitrogen and oxygen atoms in total. The van der Waals surface area contributed by atoms with E-state index in [1.165, 1.54) is 24.1 Å². The highest BCUT2D eigenvalue weighted by molar-refractivity contribution is 7.94. The molecule has 1 aromatic heterocycles. The van der Waals surface area contributed by atoms with E-state index in [2.05, 4.69) is 0 Å². The number of esters is 1. The second-order valence-electron chi connectivity index (χ2n) is 10.4. The number of hydrogen-bond donors (Lipinski definition) is 1. The Labute approximate surface area is 252 Å². The lowest BCUT2D eigenvalue weighted by Crippen LogP contribution is -2.31. The number of aromatic nitrogens is 1. The van der Waals surface area contributed by atoms with Gasteiger partial charge in [-0.25, -0.2) is 4.39 Å². The number of benzene rings is 3. The van der Waals surface area contributed by atoms with Crippen LogP contribution in [0.5, 0.6) is 0 Å². The molecule has 2 atom stereocenters. The molecule has 42 heavy (non-hydrogen) atoms.